The summed E-state index contributed by atoms with van der Waals surface area (Å²) in [6.45, 7) is 16.1. The Balaban J connectivity index is 2.28. The lowest BCUT2D eigenvalue weighted by molar-refractivity contribution is 0.276. The smallest absolute Gasteiger partial charge is 0.217 e. The highest BCUT2D eigenvalue weighted by atomic mass is 32.2. The number of hydrogen-bond donors (Lipinski definition) is 0. The molecule has 8 heteroatoms. The molecule has 0 bridgehead atoms. The number of allylic oxidation sites excluding steroid dienone is 1. The molecule has 2 aromatic rings. The molecule has 38 heavy (non-hydrogen) atoms. The van der Waals surface area contributed by atoms with Crippen LogP contribution in [0.25, 0.3) is 0 Å². The van der Waals surface area contributed by atoms with Gasteiger partial charge in [0.25, 0.3) is 0 Å². The summed E-state index contributed by atoms with van der Waals surface area (Å²) in [6.07, 6.45) is 4.23. The van der Waals surface area contributed by atoms with Gasteiger partial charge in [-0.25, -0.2) is 8.42 Å². The summed E-state index contributed by atoms with van der Waals surface area (Å²) < 4.78 is 46.8. The average molecular weight is 562 g/mol. The highest BCUT2D eigenvalue weighted by molar-refractivity contribution is 7.89. The molecule has 212 valence electrons. The minimum atomic E-state index is -3.63. The third-order valence-corrected chi connectivity index (χ3v) is 14.3. The van der Waals surface area contributed by atoms with E-state index < -0.39 is 23.6 Å². The van der Waals surface area contributed by atoms with Gasteiger partial charge in [0, 0.05) is 19.7 Å². The highest BCUT2D eigenvalue weighted by Crippen LogP contribution is 2.36. The van der Waals surface area contributed by atoms with Gasteiger partial charge in [0.05, 0.1) is 19.5 Å². The molecule has 0 aliphatic rings. The lowest BCUT2D eigenvalue weighted by Gasteiger charge is -2.36. The van der Waals surface area contributed by atoms with Crippen molar-refractivity contribution in [2.45, 2.75) is 82.9 Å². The third-order valence-electron chi connectivity index (χ3n) is 7.45. The van der Waals surface area contributed by atoms with Crippen LogP contribution in [-0.2, 0) is 27.5 Å². The van der Waals surface area contributed by atoms with E-state index in [-0.39, 0.29) is 18.1 Å². The third kappa shape index (κ3) is 9.26. The topological polar surface area (TPSA) is 65.1 Å². The molecule has 0 saturated heterocycles. The van der Waals surface area contributed by atoms with E-state index >= 15 is 0 Å². The Labute approximate surface area is 232 Å². The van der Waals surface area contributed by atoms with Crippen LogP contribution in [0.4, 0.5) is 0 Å². The fourth-order valence-corrected chi connectivity index (χ4v) is 6.98. The van der Waals surface area contributed by atoms with Crippen molar-refractivity contribution in [2.24, 2.45) is 0 Å². The molecule has 0 amide bonds. The zero-order valence-corrected chi connectivity index (χ0v) is 26.1. The summed E-state index contributed by atoms with van der Waals surface area (Å²) >= 11 is 0. The zero-order chi connectivity index (χ0) is 28.4. The molecular formula is C30H47NO5SSi. The van der Waals surface area contributed by atoms with Gasteiger partial charge < -0.3 is 13.9 Å². The lowest BCUT2D eigenvalue weighted by Crippen LogP contribution is -2.41. The summed E-state index contributed by atoms with van der Waals surface area (Å²) in [5, 5.41) is -0.394. The molecular weight excluding hydrogens is 514 g/mol. The second-order valence-electron chi connectivity index (χ2n) is 11.2. The second-order valence-corrected chi connectivity index (χ2v) is 18.3. The van der Waals surface area contributed by atoms with E-state index in [1.165, 1.54) is 0 Å². The molecule has 0 aliphatic heterocycles. The number of nitrogens with zero attached hydrogens (tertiary/aromatic N) is 1. The molecule has 1 atom stereocenters. The molecule has 0 aliphatic carbocycles. The van der Waals surface area contributed by atoms with E-state index in [0.29, 0.717) is 32.3 Å². The van der Waals surface area contributed by atoms with Gasteiger partial charge in [-0.15, -0.1) is 6.58 Å². The normalized spacial score (nSPS) is 13.4. The van der Waals surface area contributed by atoms with Gasteiger partial charge >= 0.3 is 0 Å². The average Bonchev–Trinajstić information content (AvgIpc) is 2.87. The first kappa shape index (κ1) is 32.1. The van der Waals surface area contributed by atoms with Gasteiger partial charge in [-0.2, -0.15) is 4.31 Å². The van der Waals surface area contributed by atoms with Crippen LogP contribution in [0.1, 0.15) is 57.6 Å². The monoisotopic (exact) mass is 561 g/mol. The van der Waals surface area contributed by atoms with Crippen LogP contribution < -0.4 is 9.47 Å². The second kappa shape index (κ2) is 14.3. The molecule has 2 rings (SSSR count). The van der Waals surface area contributed by atoms with E-state index in [2.05, 4.69) is 40.4 Å². The molecule has 0 fully saturated rings. The summed E-state index contributed by atoms with van der Waals surface area (Å²) in [6, 6.07) is 15.1. The van der Waals surface area contributed by atoms with Crippen molar-refractivity contribution >= 4 is 18.3 Å². The van der Waals surface area contributed by atoms with E-state index in [1.807, 2.05) is 48.5 Å². The molecule has 0 aromatic heterocycles. The fourth-order valence-electron chi connectivity index (χ4n) is 3.92. The number of benzene rings is 2. The van der Waals surface area contributed by atoms with Crippen LogP contribution in [0.5, 0.6) is 11.5 Å². The summed E-state index contributed by atoms with van der Waals surface area (Å²) in [7, 11) is -2.27. The van der Waals surface area contributed by atoms with Crippen molar-refractivity contribution < 1.29 is 22.3 Å². The maximum absolute atomic E-state index is 14.2. The SMILES string of the molecule is C=CCC[C@H](CCCO[Si](C)(C)C(C)(C)C)S(=O)(=O)N(Cc1ccc(OC)cc1)Cc1ccc(OC)cc1. The van der Waals surface area contributed by atoms with E-state index in [1.54, 1.807) is 24.6 Å². The quantitative estimate of drug-likeness (QED) is 0.123. The largest absolute Gasteiger partial charge is 0.497 e. The van der Waals surface area contributed by atoms with Crippen molar-refractivity contribution in [1.29, 1.82) is 0 Å². The molecule has 0 unspecified atom stereocenters. The Morgan fingerprint density at radius 2 is 1.37 bits per heavy atom. The Morgan fingerprint density at radius 3 is 1.76 bits per heavy atom. The first-order valence-electron chi connectivity index (χ1n) is 13.3. The van der Waals surface area contributed by atoms with Gasteiger partial charge in [-0.05, 0) is 79.2 Å². The lowest BCUT2D eigenvalue weighted by atomic mass is 10.1. The summed E-state index contributed by atoms with van der Waals surface area (Å²) in [5.74, 6) is 1.48. The zero-order valence-electron chi connectivity index (χ0n) is 24.3. The van der Waals surface area contributed by atoms with Crippen LogP contribution >= 0.6 is 0 Å². The molecule has 0 heterocycles. The predicted molar refractivity (Wildman–Crippen MR) is 160 cm³/mol. The van der Waals surface area contributed by atoms with Crippen molar-refractivity contribution in [1.82, 2.24) is 4.31 Å². The Morgan fingerprint density at radius 1 is 0.895 bits per heavy atom. The number of hydrogen-bond acceptors (Lipinski definition) is 5. The molecule has 0 spiro atoms. The van der Waals surface area contributed by atoms with Gasteiger partial charge in [-0.3, -0.25) is 0 Å². The van der Waals surface area contributed by atoms with Gasteiger partial charge in [0.1, 0.15) is 11.5 Å². The number of rotatable bonds is 16. The standard InChI is InChI=1S/C30H47NO5SSi/c1-9-10-12-29(13-11-22-36-38(7,8)30(2,3)4)37(32,33)31(23-25-14-18-27(34-5)19-15-25)24-26-16-20-28(35-6)21-17-26/h9,14-21,29H,1,10-13,22-24H2,2-8H3/t29-/m1/s1. The summed E-state index contributed by atoms with van der Waals surface area (Å²) in [5.41, 5.74) is 1.82. The number of methoxy groups -OCH3 is 2. The minimum Gasteiger partial charge on any atom is -0.497 e. The van der Waals surface area contributed by atoms with E-state index in [9.17, 15) is 8.42 Å². The Kier molecular flexibility index (Phi) is 12.1. The van der Waals surface area contributed by atoms with Crippen molar-refractivity contribution in [3.63, 3.8) is 0 Å². The van der Waals surface area contributed by atoms with Crippen LogP contribution in [0, 0.1) is 0 Å². The minimum absolute atomic E-state index is 0.120. The van der Waals surface area contributed by atoms with E-state index in [4.69, 9.17) is 13.9 Å². The van der Waals surface area contributed by atoms with Crippen molar-refractivity contribution in [3.8, 4) is 11.5 Å². The Bertz CT molecular complexity index is 1040. The molecule has 0 N–H and O–H groups in total. The molecule has 6 nitrogen and oxygen atoms in total. The molecule has 0 radical (unpaired) electrons. The highest BCUT2D eigenvalue weighted by Gasteiger charge is 2.37. The maximum Gasteiger partial charge on any atom is 0.217 e. The van der Waals surface area contributed by atoms with Crippen LogP contribution in [-0.4, -0.2) is 47.1 Å². The first-order chi connectivity index (χ1) is 17.8. The molecule has 0 saturated carbocycles. The predicted octanol–water partition coefficient (Wildman–Crippen LogP) is 7.17. The number of sulfonamides is 1. The fraction of sp³-hybridized carbons (Fsp3) is 0.533. The Hall–Kier alpha value is -2.13. The number of ether oxygens (including phenoxy) is 2. The summed E-state index contributed by atoms with van der Waals surface area (Å²) in [4.78, 5) is 0. The first-order valence-corrected chi connectivity index (χ1v) is 17.7. The van der Waals surface area contributed by atoms with E-state index in [0.717, 1.165) is 22.6 Å². The van der Waals surface area contributed by atoms with Gasteiger partial charge in [-0.1, -0.05) is 51.1 Å². The van der Waals surface area contributed by atoms with Gasteiger partial charge in [0.15, 0.2) is 8.32 Å². The van der Waals surface area contributed by atoms with Crippen LogP contribution in [0.2, 0.25) is 18.1 Å². The maximum atomic E-state index is 14.2. The van der Waals surface area contributed by atoms with Crippen molar-refractivity contribution in [3.05, 3.63) is 72.3 Å². The molecule has 2 aromatic carbocycles. The van der Waals surface area contributed by atoms with Gasteiger partial charge in [0.2, 0.25) is 10.0 Å². The van der Waals surface area contributed by atoms with Crippen molar-refractivity contribution in [2.75, 3.05) is 20.8 Å². The van der Waals surface area contributed by atoms with Crippen LogP contribution in [0.15, 0.2) is 61.2 Å². The van der Waals surface area contributed by atoms with Crippen LogP contribution in [0.3, 0.4) is 0 Å².